The normalized spacial score (nSPS) is 16.8. The molecule has 0 bridgehead atoms. The van der Waals surface area contributed by atoms with E-state index in [0.717, 1.165) is 10.4 Å². The van der Waals surface area contributed by atoms with Crippen molar-refractivity contribution < 1.29 is 52.3 Å². The monoisotopic (exact) mass is 756 g/mol. The fourth-order valence-corrected chi connectivity index (χ4v) is 12.2. The molecular formula is C42H48O11Si. The first kappa shape index (κ1) is 39.6. The van der Waals surface area contributed by atoms with Crippen LogP contribution in [0.1, 0.15) is 44.4 Å². The zero-order valence-corrected chi connectivity index (χ0v) is 33.6. The van der Waals surface area contributed by atoms with Gasteiger partial charge in [-0.2, -0.15) is 0 Å². The van der Waals surface area contributed by atoms with E-state index in [-0.39, 0.29) is 39.7 Å². The average molecular weight is 757 g/mol. The second-order valence-corrected chi connectivity index (χ2v) is 18.1. The number of carbonyl (C=O) groups is 2. The molecule has 0 radical (unpaired) electrons. The van der Waals surface area contributed by atoms with Crippen LogP contribution in [-0.2, 0) is 24.5 Å². The molecule has 0 fully saturated rings. The number of aliphatic hydroxyl groups excluding tert-OH is 1. The number of fused-ring (bicyclic) bond motifs is 1. The van der Waals surface area contributed by atoms with Crippen molar-refractivity contribution in [1.82, 2.24) is 0 Å². The minimum atomic E-state index is -3.50. The fraction of sp³-hybridized carbons (Fsp3) is 0.333. The van der Waals surface area contributed by atoms with E-state index in [9.17, 15) is 14.7 Å². The first-order chi connectivity index (χ1) is 25.8. The highest BCUT2D eigenvalue weighted by molar-refractivity contribution is 7.00. The smallest absolute Gasteiger partial charge is 0.338 e. The van der Waals surface area contributed by atoms with Crippen molar-refractivity contribution in [3.05, 3.63) is 101 Å². The Bertz CT molecular complexity index is 2010. The van der Waals surface area contributed by atoms with Crippen LogP contribution in [-0.4, -0.2) is 75.1 Å². The van der Waals surface area contributed by atoms with Gasteiger partial charge in [0.15, 0.2) is 23.0 Å². The molecule has 0 spiro atoms. The van der Waals surface area contributed by atoms with Gasteiger partial charge in [-0.1, -0.05) is 94.4 Å². The van der Waals surface area contributed by atoms with Gasteiger partial charge in [-0.15, -0.1) is 0 Å². The molecule has 5 rings (SSSR count). The lowest BCUT2D eigenvalue weighted by atomic mass is 9.59. The van der Waals surface area contributed by atoms with Gasteiger partial charge in [-0.25, -0.2) is 4.79 Å². The largest absolute Gasteiger partial charge is 0.531 e. The number of methoxy groups -OCH3 is 7. The van der Waals surface area contributed by atoms with Crippen molar-refractivity contribution in [3.63, 3.8) is 0 Å². The molecule has 1 aliphatic rings. The Balaban J connectivity index is 2.10. The minimum absolute atomic E-state index is 0.0512. The molecule has 2 atom stereocenters. The predicted molar refractivity (Wildman–Crippen MR) is 207 cm³/mol. The number of hydrogen-bond acceptors (Lipinski definition) is 11. The summed E-state index contributed by atoms with van der Waals surface area (Å²) in [4.78, 5) is 28.1. The summed E-state index contributed by atoms with van der Waals surface area (Å²) in [6.45, 7) is 8.08. The summed E-state index contributed by atoms with van der Waals surface area (Å²) >= 11 is 0. The Hall–Kier alpha value is -5.62. The lowest BCUT2D eigenvalue weighted by Gasteiger charge is -2.46. The van der Waals surface area contributed by atoms with E-state index in [1.807, 2.05) is 60.7 Å². The summed E-state index contributed by atoms with van der Waals surface area (Å²) in [7, 11) is 6.25. The zero-order valence-electron chi connectivity index (χ0n) is 32.6. The molecule has 1 aliphatic carbocycles. The molecule has 54 heavy (non-hydrogen) atoms. The van der Waals surface area contributed by atoms with Gasteiger partial charge in [0.2, 0.25) is 11.5 Å². The minimum Gasteiger partial charge on any atom is -0.531 e. The molecule has 0 heterocycles. The molecule has 0 aliphatic heterocycles. The lowest BCUT2D eigenvalue weighted by Crippen LogP contribution is -2.69. The molecule has 4 aromatic rings. The molecule has 2 unspecified atom stereocenters. The van der Waals surface area contributed by atoms with Crippen LogP contribution in [0.5, 0.6) is 34.5 Å². The van der Waals surface area contributed by atoms with Gasteiger partial charge in [0.05, 0.1) is 60.9 Å². The number of rotatable bonds is 12. The van der Waals surface area contributed by atoms with E-state index in [4.69, 9.17) is 37.6 Å². The molecule has 12 heteroatoms. The topological polar surface area (TPSA) is 128 Å². The fourth-order valence-electron chi connectivity index (χ4n) is 7.82. The SMILES string of the molecule is COC(=O)C1=C(O)c2c(O[Si](c3ccccc3)(c3ccccc3)C(C)(C)C)c(OC)c(OC)c(OC)c2C(C)(c2ccc(OC)c(OC)c2)C1C(=O)OC. The Morgan fingerprint density at radius 1 is 0.667 bits per heavy atom. The van der Waals surface area contributed by atoms with Gasteiger partial charge in [0.25, 0.3) is 0 Å². The van der Waals surface area contributed by atoms with E-state index in [1.54, 1.807) is 25.1 Å². The molecule has 0 aromatic heterocycles. The van der Waals surface area contributed by atoms with Gasteiger partial charge >= 0.3 is 20.3 Å². The number of benzene rings is 4. The van der Waals surface area contributed by atoms with Crippen molar-refractivity contribution in [2.24, 2.45) is 5.92 Å². The van der Waals surface area contributed by atoms with Crippen molar-refractivity contribution in [2.45, 2.75) is 38.1 Å². The summed E-state index contributed by atoms with van der Waals surface area (Å²) in [5, 5.41) is 13.9. The maximum atomic E-state index is 14.2. The molecule has 0 saturated carbocycles. The van der Waals surface area contributed by atoms with E-state index in [0.29, 0.717) is 17.1 Å². The van der Waals surface area contributed by atoms with Crippen molar-refractivity contribution in [1.29, 1.82) is 0 Å². The number of carbonyl (C=O) groups excluding carboxylic acids is 2. The van der Waals surface area contributed by atoms with Gasteiger partial charge in [0.1, 0.15) is 11.7 Å². The predicted octanol–water partition coefficient (Wildman–Crippen LogP) is 6.22. The Morgan fingerprint density at radius 3 is 1.63 bits per heavy atom. The highest BCUT2D eigenvalue weighted by Crippen LogP contribution is 2.62. The summed E-state index contributed by atoms with van der Waals surface area (Å²) < 4.78 is 47.9. The van der Waals surface area contributed by atoms with Crippen molar-refractivity contribution in [2.75, 3.05) is 49.8 Å². The molecular weight excluding hydrogens is 709 g/mol. The molecule has 11 nitrogen and oxygen atoms in total. The summed E-state index contributed by atoms with van der Waals surface area (Å²) in [5.41, 5.74) is -1.12. The molecule has 0 saturated heterocycles. The first-order valence-corrected chi connectivity index (χ1v) is 19.2. The highest BCUT2D eigenvalue weighted by Gasteiger charge is 2.59. The van der Waals surface area contributed by atoms with Crippen molar-refractivity contribution >= 4 is 36.4 Å². The van der Waals surface area contributed by atoms with Crippen LogP contribution in [0.4, 0.5) is 0 Å². The molecule has 0 amide bonds. The average Bonchev–Trinajstić information content (AvgIpc) is 3.19. The van der Waals surface area contributed by atoms with Crippen LogP contribution >= 0.6 is 0 Å². The summed E-state index contributed by atoms with van der Waals surface area (Å²) in [6, 6.07) is 25.0. The number of ether oxygens (including phenoxy) is 7. The van der Waals surface area contributed by atoms with Crippen LogP contribution in [0, 0.1) is 5.92 Å². The van der Waals surface area contributed by atoms with Crippen LogP contribution in [0.25, 0.3) is 5.76 Å². The Kier molecular flexibility index (Phi) is 11.3. The lowest BCUT2D eigenvalue weighted by molar-refractivity contribution is -0.149. The van der Waals surface area contributed by atoms with Gasteiger partial charge in [0, 0.05) is 11.0 Å². The van der Waals surface area contributed by atoms with Crippen LogP contribution in [0.2, 0.25) is 5.04 Å². The summed E-state index contributed by atoms with van der Waals surface area (Å²) in [6.07, 6.45) is 0. The summed E-state index contributed by atoms with van der Waals surface area (Å²) in [5.74, 6) is -2.61. The molecule has 286 valence electrons. The van der Waals surface area contributed by atoms with E-state index in [2.05, 4.69) is 20.8 Å². The Morgan fingerprint density at radius 2 is 1.19 bits per heavy atom. The number of esters is 2. The standard InChI is InChI=1S/C42H48O11Si/c1-41(2,3)54(26-18-14-12-15-19-26,27-20-16-13-17-21-27)53-35-30-32(36(48-7)38(50-9)37(35)49-8)42(4,25-22-23-28(46-5)29(24-25)47-6)33(40(45)52-11)31(34(30)43)39(44)51-10/h12-24,33,43H,1-11H3. The third-order valence-corrected chi connectivity index (χ3v) is 15.2. The second-order valence-electron chi connectivity index (χ2n) is 13.9. The number of aliphatic hydroxyl groups is 1. The van der Waals surface area contributed by atoms with E-state index < -0.39 is 42.4 Å². The van der Waals surface area contributed by atoms with Gasteiger partial charge < -0.3 is 42.7 Å². The van der Waals surface area contributed by atoms with Crippen LogP contribution < -0.4 is 38.5 Å². The zero-order chi connectivity index (χ0) is 39.6. The first-order valence-electron chi connectivity index (χ1n) is 17.3. The maximum Gasteiger partial charge on any atom is 0.338 e. The quantitative estimate of drug-likeness (QED) is 0.131. The third kappa shape index (κ3) is 6.07. The number of hydrogen-bond donors (Lipinski definition) is 1. The van der Waals surface area contributed by atoms with Crippen molar-refractivity contribution in [3.8, 4) is 34.5 Å². The Labute approximate surface area is 317 Å². The second kappa shape index (κ2) is 15.4. The van der Waals surface area contributed by atoms with E-state index in [1.165, 1.54) is 49.8 Å². The third-order valence-electron chi connectivity index (χ3n) is 10.3. The van der Waals surface area contributed by atoms with Gasteiger partial charge in [-0.3, -0.25) is 4.79 Å². The van der Waals surface area contributed by atoms with Gasteiger partial charge in [-0.05, 0) is 33.1 Å². The highest BCUT2D eigenvalue weighted by atomic mass is 28.4. The molecule has 4 aromatic carbocycles. The van der Waals surface area contributed by atoms with Crippen LogP contribution in [0.3, 0.4) is 0 Å². The maximum absolute atomic E-state index is 14.2. The molecule has 1 N–H and O–H groups in total. The van der Waals surface area contributed by atoms with E-state index >= 15 is 0 Å². The van der Waals surface area contributed by atoms with Crippen LogP contribution in [0.15, 0.2) is 84.4 Å².